The predicted octanol–water partition coefficient (Wildman–Crippen LogP) is 2.66. The number of methoxy groups -OCH3 is 3. The summed E-state index contributed by atoms with van der Waals surface area (Å²) in [6, 6.07) is 10.1. The number of carbonyl (C=O) groups excluding carboxylic acids is 1. The van der Waals surface area contributed by atoms with Gasteiger partial charge in [-0.3, -0.25) is 4.79 Å². The first-order chi connectivity index (χ1) is 11.5. The van der Waals surface area contributed by atoms with Gasteiger partial charge in [0, 0.05) is 17.8 Å². The van der Waals surface area contributed by atoms with Gasteiger partial charge in [0.05, 0.1) is 21.3 Å². The second kappa shape index (κ2) is 7.70. The van der Waals surface area contributed by atoms with E-state index in [0.717, 1.165) is 11.1 Å². The number of carbonyl (C=O) groups is 1. The Kier molecular flexibility index (Phi) is 5.65. The fourth-order valence-corrected chi connectivity index (χ4v) is 2.30. The Labute approximate surface area is 141 Å². The van der Waals surface area contributed by atoms with Crippen LogP contribution in [0.5, 0.6) is 17.2 Å². The molecule has 6 heteroatoms. The Bertz CT molecular complexity index is 688. The van der Waals surface area contributed by atoms with Crippen molar-refractivity contribution in [2.45, 2.75) is 13.0 Å². The number of ether oxygens (including phenoxy) is 3. The summed E-state index contributed by atoms with van der Waals surface area (Å²) in [6.07, 6.45) is 0. The van der Waals surface area contributed by atoms with E-state index in [0.29, 0.717) is 22.9 Å². The fourth-order valence-electron chi connectivity index (χ4n) is 2.30. The van der Waals surface area contributed by atoms with E-state index in [4.69, 9.17) is 19.9 Å². The van der Waals surface area contributed by atoms with Gasteiger partial charge >= 0.3 is 0 Å². The molecule has 0 fully saturated rings. The molecule has 0 saturated heterocycles. The largest absolute Gasteiger partial charge is 0.493 e. The zero-order chi connectivity index (χ0) is 17.7. The molecule has 24 heavy (non-hydrogen) atoms. The van der Waals surface area contributed by atoms with Crippen LogP contribution in [0, 0.1) is 6.92 Å². The Balaban J connectivity index is 2.23. The van der Waals surface area contributed by atoms with Crippen LogP contribution >= 0.6 is 0 Å². The number of nitrogens with one attached hydrogen (secondary N) is 1. The van der Waals surface area contributed by atoms with E-state index in [1.807, 2.05) is 31.2 Å². The molecule has 0 aromatic heterocycles. The highest BCUT2D eigenvalue weighted by Gasteiger charge is 2.18. The average Bonchev–Trinajstić information content (AvgIpc) is 2.60. The standard InChI is InChI=1S/C18H22N2O4/c1-11-5-7-12(8-6-11)16(19)18(21)20-13-9-14(22-2)17(24-4)15(10-13)23-3/h5-10,16H,19H2,1-4H3,(H,20,21). The Morgan fingerprint density at radius 2 is 1.54 bits per heavy atom. The van der Waals surface area contributed by atoms with Gasteiger partial charge in [-0.15, -0.1) is 0 Å². The first-order valence-corrected chi connectivity index (χ1v) is 7.43. The number of benzene rings is 2. The molecule has 6 nitrogen and oxygen atoms in total. The van der Waals surface area contributed by atoms with Gasteiger partial charge < -0.3 is 25.3 Å². The highest BCUT2D eigenvalue weighted by molar-refractivity contribution is 5.96. The second-order valence-electron chi connectivity index (χ2n) is 5.29. The minimum Gasteiger partial charge on any atom is -0.493 e. The molecule has 0 aliphatic carbocycles. The van der Waals surface area contributed by atoms with Gasteiger partial charge in [-0.1, -0.05) is 29.8 Å². The maximum atomic E-state index is 12.4. The van der Waals surface area contributed by atoms with Crippen LogP contribution in [0.2, 0.25) is 0 Å². The van der Waals surface area contributed by atoms with Crippen LogP contribution in [0.25, 0.3) is 0 Å². The quantitative estimate of drug-likeness (QED) is 0.851. The van der Waals surface area contributed by atoms with Crippen molar-refractivity contribution in [1.82, 2.24) is 0 Å². The van der Waals surface area contributed by atoms with E-state index in [2.05, 4.69) is 5.32 Å². The molecule has 2 rings (SSSR count). The molecule has 0 aliphatic heterocycles. The molecule has 2 aromatic carbocycles. The summed E-state index contributed by atoms with van der Waals surface area (Å²) in [5.41, 5.74) is 8.39. The highest BCUT2D eigenvalue weighted by Crippen LogP contribution is 2.40. The van der Waals surface area contributed by atoms with Crippen LogP contribution in [0.15, 0.2) is 36.4 Å². The van der Waals surface area contributed by atoms with Gasteiger partial charge in [-0.25, -0.2) is 0 Å². The Morgan fingerprint density at radius 1 is 1.00 bits per heavy atom. The van der Waals surface area contributed by atoms with Crippen molar-refractivity contribution in [3.05, 3.63) is 47.5 Å². The topological polar surface area (TPSA) is 82.8 Å². The number of nitrogens with two attached hydrogens (primary N) is 1. The van der Waals surface area contributed by atoms with Gasteiger partial charge in [-0.2, -0.15) is 0 Å². The van der Waals surface area contributed by atoms with Gasteiger partial charge in [-0.05, 0) is 12.5 Å². The molecule has 0 saturated carbocycles. The summed E-state index contributed by atoms with van der Waals surface area (Å²) in [4.78, 5) is 12.4. The van der Waals surface area contributed by atoms with E-state index in [1.54, 1.807) is 12.1 Å². The van der Waals surface area contributed by atoms with E-state index < -0.39 is 6.04 Å². The van der Waals surface area contributed by atoms with Crippen molar-refractivity contribution in [2.24, 2.45) is 5.73 Å². The second-order valence-corrected chi connectivity index (χ2v) is 5.29. The maximum absolute atomic E-state index is 12.4. The van der Waals surface area contributed by atoms with Gasteiger partial charge in [0.2, 0.25) is 11.7 Å². The van der Waals surface area contributed by atoms with E-state index in [1.165, 1.54) is 21.3 Å². The van der Waals surface area contributed by atoms with Gasteiger partial charge in [0.1, 0.15) is 6.04 Å². The van der Waals surface area contributed by atoms with Crippen LogP contribution in [-0.4, -0.2) is 27.2 Å². The third-order valence-corrected chi connectivity index (χ3v) is 3.65. The maximum Gasteiger partial charge on any atom is 0.245 e. The van der Waals surface area contributed by atoms with Crippen LogP contribution in [0.3, 0.4) is 0 Å². The van der Waals surface area contributed by atoms with Crippen molar-refractivity contribution < 1.29 is 19.0 Å². The molecule has 128 valence electrons. The van der Waals surface area contributed by atoms with Crippen molar-refractivity contribution >= 4 is 11.6 Å². The van der Waals surface area contributed by atoms with Crippen LogP contribution in [0.4, 0.5) is 5.69 Å². The molecular weight excluding hydrogens is 308 g/mol. The van der Waals surface area contributed by atoms with E-state index in [9.17, 15) is 4.79 Å². The molecule has 1 unspecified atom stereocenters. The van der Waals surface area contributed by atoms with Crippen molar-refractivity contribution in [3.8, 4) is 17.2 Å². The van der Waals surface area contributed by atoms with Crippen molar-refractivity contribution in [3.63, 3.8) is 0 Å². The third-order valence-electron chi connectivity index (χ3n) is 3.65. The van der Waals surface area contributed by atoms with E-state index in [-0.39, 0.29) is 5.91 Å². The molecule has 0 bridgehead atoms. The fraction of sp³-hybridized carbons (Fsp3) is 0.278. The zero-order valence-electron chi connectivity index (χ0n) is 14.3. The SMILES string of the molecule is COc1cc(NC(=O)C(N)c2ccc(C)cc2)cc(OC)c1OC. The van der Waals surface area contributed by atoms with Gasteiger partial charge in [0.15, 0.2) is 11.5 Å². The zero-order valence-corrected chi connectivity index (χ0v) is 14.3. The van der Waals surface area contributed by atoms with Gasteiger partial charge in [0.25, 0.3) is 0 Å². The number of hydrogen-bond acceptors (Lipinski definition) is 5. The molecule has 1 amide bonds. The molecular formula is C18H22N2O4. The summed E-state index contributed by atoms with van der Waals surface area (Å²) >= 11 is 0. The smallest absolute Gasteiger partial charge is 0.245 e. The first-order valence-electron chi connectivity index (χ1n) is 7.43. The third kappa shape index (κ3) is 3.78. The lowest BCUT2D eigenvalue weighted by Crippen LogP contribution is -2.27. The normalized spacial score (nSPS) is 11.5. The molecule has 0 heterocycles. The van der Waals surface area contributed by atoms with Crippen molar-refractivity contribution in [1.29, 1.82) is 0 Å². The number of aryl methyl sites for hydroxylation is 1. The van der Waals surface area contributed by atoms with Crippen LogP contribution in [-0.2, 0) is 4.79 Å². The summed E-state index contributed by atoms with van der Waals surface area (Å²) < 4.78 is 15.8. The lowest BCUT2D eigenvalue weighted by molar-refractivity contribution is -0.117. The molecule has 2 aromatic rings. The molecule has 1 atom stereocenters. The predicted molar refractivity (Wildman–Crippen MR) is 92.8 cm³/mol. The minimum absolute atomic E-state index is 0.326. The lowest BCUT2D eigenvalue weighted by Gasteiger charge is -2.16. The number of amides is 1. The first kappa shape index (κ1) is 17.6. The summed E-state index contributed by atoms with van der Waals surface area (Å²) in [5, 5.41) is 2.78. The Hall–Kier alpha value is -2.73. The summed E-state index contributed by atoms with van der Waals surface area (Å²) in [5.74, 6) is 1.04. The lowest BCUT2D eigenvalue weighted by atomic mass is 10.1. The molecule has 0 radical (unpaired) electrons. The summed E-state index contributed by atoms with van der Waals surface area (Å²) in [6.45, 7) is 1.98. The monoisotopic (exact) mass is 330 g/mol. The van der Waals surface area contributed by atoms with Crippen LogP contribution < -0.4 is 25.3 Å². The Morgan fingerprint density at radius 3 is 2.00 bits per heavy atom. The molecule has 3 N–H and O–H groups in total. The summed E-state index contributed by atoms with van der Waals surface area (Å²) in [7, 11) is 4.55. The number of anilines is 1. The highest BCUT2D eigenvalue weighted by atomic mass is 16.5. The minimum atomic E-state index is -0.773. The van der Waals surface area contributed by atoms with E-state index >= 15 is 0 Å². The number of hydrogen-bond donors (Lipinski definition) is 2. The number of rotatable bonds is 6. The average molecular weight is 330 g/mol. The molecule has 0 aliphatic rings. The molecule has 0 spiro atoms. The van der Waals surface area contributed by atoms with Crippen LogP contribution in [0.1, 0.15) is 17.2 Å². The van der Waals surface area contributed by atoms with Crippen molar-refractivity contribution in [2.75, 3.05) is 26.6 Å².